The molecule has 1 aromatic carbocycles. The summed E-state index contributed by atoms with van der Waals surface area (Å²) in [6.07, 6.45) is 5.14. The second-order valence-corrected chi connectivity index (χ2v) is 6.96. The van der Waals surface area contributed by atoms with E-state index in [9.17, 15) is 15.3 Å². The van der Waals surface area contributed by atoms with Crippen LogP contribution in [0, 0.1) is 18.8 Å². The third-order valence-corrected chi connectivity index (χ3v) is 5.89. The van der Waals surface area contributed by atoms with Gasteiger partial charge in [-0.1, -0.05) is 13.0 Å². The fourth-order valence-corrected chi connectivity index (χ4v) is 4.46. The highest BCUT2D eigenvalue weighted by molar-refractivity contribution is 5.56. The van der Waals surface area contributed by atoms with Crippen LogP contribution >= 0.6 is 0 Å². The van der Waals surface area contributed by atoms with Crippen molar-refractivity contribution in [1.82, 2.24) is 0 Å². The summed E-state index contributed by atoms with van der Waals surface area (Å²) in [4.78, 5) is 0. The van der Waals surface area contributed by atoms with Crippen LogP contribution in [0.4, 0.5) is 0 Å². The Labute approximate surface area is 125 Å². The maximum absolute atomic E-state index is 10.6. The summed E-state index contributed by atoms with van der Waals surface area (Å²) in [5.41, 5.74) is 2.68. The molecule has 0 aromatic heterocycles. The summed E-state index contributed by atoms with van der Waals surface area (Å²) in [5.74, 6) is 0.549. The van der Waals surface area contributed by atoms with Crippen LogP contribution in [0.2, 0.25) is 0 Å². The number of aliphatic hydroxyl groups is 1. The Kier molecular flexibility index (Phi) is 3.28. The topological polar surface area (TPSA) is 60.7 Å². The normalized spacial score (nSPS) is 34.9. The smallest absolute Gasteiger partial charge is 0.160 e. The van der Waals surface area contributed by atoms with Gasteiger partial charge in [-0.05, 0) is 72.6 Å². The molecule has 2 aliphatic rings. The summed E-state index contributed by atoms with van der Waals surface area (Å²) in [6, 6.07) is 1.71. The van der Waals surface area contributed by atoms with E-state index in [1.807, 2.05) is 13.0 Å². The average molecular weight is 288 g/mol. The highest BCUT2D eigenvalue weighted by Crippen LogP contribution is 2.54. The first-order chi connectivity index (χ1) is 9.88. The van der Waals surface area contributed by atoms with E-state index in [2.05, 4.69) is 13.5 Å². The third kappa shape index (κ3) is 1.98. The van der Waals surface area contributed by atoms with Gasteiger partial charge in [0.05, 0.1) is 6.10 Å². The second kappa shape index (κ2) is 4.77. The molecule has 3 heteroatoms. The second-order valence-electron chi connectivity index (χ2n) is 6.96. The number of rotatable bonds is 1. The lowest BCUT2D eigenvalue weighted by Crippen LogP contribution is -2.48. The van der Waals surface area contributed by atoms with Crippen molar-refractivity contribution in [3.8, 4) is 11.5 Å². The Morgan fingerprint density at radius 2 is 2.10 bits per heavy atom. The molecule has 21 heavy (non-hydrogen) atoms. The van der Waals surface area contributed by atoms with Crippen molar-refractivity contribution in [3.63, 3.8) is 0 Å². The Morgan fingerprint density at radius 1 is 1.38 bits per heavy atom. The molecule has 114 valence electrons. The molecular weight excluding hydrogens is 264 g/mol. The maximum atomic E-state index is 10.6. The van der Waals surface area contributed by atoms with E-state index >= 15 is 0 Å². The van der Waals surface area contributed by atoms with Gasteiger partial charge < -0.3 is 15.3 Å². The molecular formula is C18H24O3. The Balaban J connectivity index is 2.14. The van der Waals surface area contributed by atoms with Gasteiger partial charge in [0, 0.05) is 0 Å². The van der Waals surface area contributed by atoms with Crippen molar-refractivity contribution < 1.29 is 15.3 Å². The zero-order valence-corrected chi connectivity index (χ0v) is 12.8. The molecule has 0 bridgehead atoms. The van der Waals surface area contributed by atoms with Crippen LogP contribution in [0.25, 0.3) is 0 Å². The highest BCUT2D eigenvalue weighted by Gasteiger charge is 2.48. The molecule has 1 aromatic rings. The van der Waals surface area contributed by atoms with Gasteiger partial charge in [-0.2, -0.15) is 0 Å². The van der Waals surface area contributed by atoms with Gasteiger partial charge in [0.1, 0.15) is 0 Å². The number of fused-ring (bicyclic) bond motifs is 3. The number of phenols is 2. The number of aromatic hydroxyl groups is 2. The van der Waals surface area contributed by atoms with E-state index in [1.54, 1.807) is 6.07 Å². The van der Waals surface area contributed by atoms with E-state index in [0.717, 1.165) is 30.4 Å². The first-order valence-corrected chi connectivity index (χ1v) is 7.74. The van der Waals surface area contributed by atoms with Crippen molar-refractivity contribution in [3.05, 3.63) is 35.4 Å². The molecule has 4 atom stereocenters. The average Bonchev–Trinajstić information content (AvgIpc) is 2.47. The molecule has 0 heterocycles. The van der Waals surface area contributed by atoms with Crippen molar-refractivity contribution in [2.24, 2.45) is 11.8 Å². The summed E-state index contributed by atoms with van der Waals surface area (Å²) in [6.45, 7) is 7.91. The lowest BCUT2D eigenvalue weighted by Gasteiger charge is -2.50. The van der Waals surface area contributed by atoms with Gasteiger partial charge >= 0.3 is 0 Å². The quantitative estimate of drug-likeness (QED) is 0.549. The van der Waals surface area contributed by atoms with E-state index in [0.29, 0.717) is 17.9 Å². The molecule has 3 N–H and O–H groups in total. The molecule has 3 rings (SSSR count). The zero-order valence-electron chi connectivity index (χ0n) is 12.8. The Bertz CT molecular complexity index is 593. The zero-order chi connectivity index (χ0) is 15.4. The predicted octanol–water partition coefficient (Wildman–Crippen LogP) is 3.18. The molecule has 0 saturated heterocycles. The largest absolute Gasteiger partial charge is 0.504 e. The Hall–Kier alpha value is -1.48. The van der Waals surface area contributed by atoms with Gasteiger partial charge in [0.25, 0.3) is 0 Å². The molecule has 1 saturated carbocycles. The Morgan fingerprint density at radius 3 is 2.76 bits per heavy atom. The number of allylic oxidation sites excluding steroid dienone is 1. The standard InChI is InChI=1S/C18H24O3/c1-4-11-5-6-18(3)13-9-16(20)17(21)10(2)12(13)8-15(19)14(18)7-11/h4,9,11,14-15,19-21H,1,5-8H2,2-3H3/t11-,14+,15+,18+/m1/s1. The van der Waals surface area contributed by atoms with E-state index in [1.165, 1.54) is 0 Å². The first kappa shape index (κ1) is 14.5. The monoisotopic (exact) mass is 288 g/mol. The number of benzene rings is 1. The SMILES string of the molecule is C=C[C@@H]1CC[C@@]2(C)c3cc(O)c(O)c(C)c3C[C@H](O)[C@@H]2C1. The van der Waals surface area contributed by atoms with Crippen LogP contribution in [0.3, 0.4) is 0 Å². The summed E-state index contributed by atoms with van der Waals surface area (Å²) in [7, 11) is 0. The molecule has 0 spiro atoms. The van der Waals surface area contributed by atoms with Crippen molar-refractivity contribution in [2.75, 3.05) is 0 Å². The lowest BCUT2D eigenvalue weighted by molar-refractivity contribution is 0.0130. The maximum Gasteiger partial charge on any atom is 0.160 e. The summed E-state index contributed by atoms with van der Waals surface area (Å²) >= 11 is 0. The van der Waals surface area contributed by atoms with Gasteiger partial charge in [0.15, 0.2) is 11.5 Å². The molecule has 0 radical (unpaired) electrons. The predicted molar refractivity (Wildman–Crippen MR) is 82.6 cm³/mol. The van der Waals surface area contributed by atoms with Crippen LogP contribution in [-0.4, -0.2) is 21.4 Å². The van der Waals surface area contributed by atoms with E-state index in [-0.39, 0.29) is 22.8 Å². The van der Waals surface area contributed by atoms with Crippen LogP contribution in [0.5, 0.6) is 11.5 Å². The van der Waals surface area contributed by atoms with E-state index < -0.39 is 6.10 Å². The van der Waals surface area contributed by atoms with Gasteiger partial charge in [-0.15, -0.1) is 6.58 Å². The molecule has 1 fully saturated rings. The van der Waals surface area contributed by atoms with E-state index in [4.69, 9.17) is 0 Å². The van der Waals surface area contributed by atoms with Crippen molar-refractivity contribution in [1.29, 1.82) is 0 Å². The number of phenolic OH excluding ortho intramolecular Hbond substituents is 2. The van der Waals surface area contributed by atoms with Crippen LogP contribution < -0.4 is 0 Å². The van der Waals surface area contributed by atoms with Crippen LogP contribution in [0.15, 0.2) is 18.7 Å². The summed E-state index contributed by atoms with van der Waals surface area (Å²) < 4.78 is 0. The van der Waals surface area contributed by atoms with Gasteiger partial charge in [-0.25, -0.2) is 0 Å². The molecule has 3 nitrogen and oxygen atoms in total. The molecule has 2 aliphatic carbocycles. The number of hydrogen-bond acceptors (Lipinski definition) is 3. The fraction of sp³-hybridized carbons (Fsp3) is 0.556. The van der Waals surface area contributed by atoms with Crippen molar-refractivity contribution in [2.45, 2.75) is 51.0 Å². The number of hydrogen-bond donors (Lipinski definition) is 3. The molecule has 0 amide bonds. The molecule has 0 unspecified atom stereocenters. The van der Waals surface area contributed by atoms with Crippen molar-refractivity contribution >= 4 is 0 Å². The minimum Gasteiger partial charge on any atom is -0.504 e. The summed E-state index contributed by atoms with van der Waals surface area (Å²) in [5, 5.41) is 30.6. The minimum absolute atomic E-state index is 0.0477. The fourth-order valence-electron chi connectivity index (χ4n) is 4.46. The highest BCUT2D eigenvalue weighted by atomic mass is 16.3. The number of aliphatic hydroxyl groups excluding tert-OH is 1. The minimum atomic E-state index is -0.395. The van der Waals surface area contributed by atoms with Gasteiger partial charge in [0.2, 0.25) is 0 Å². The first-order valence-electron chi connectivity index (χ1n) is 7.74. The van der Waals surface area contributed by atoms with Crippen LogP contribution in [0.1, 0.15) is 42.9 Å². The molecule has 0 aliphatic heterocycles. The lowest BCUT2D eigenvalue weighted by atomic mass is 9.55. The van der Waals surface area contributed by atoms with Crippen LogP contribution in [-0.2, 0) is 11.8 Å². The van der Waals surface area contributed by atoms with Gasteiger partial charge in [-0.3, -0.25) is 0 Å². The third-order valence-electron chi connectivity index (χ3n) is 5.89.